The van der Waals surface area contributed by atoms with Crippen molar-refractivity contribution in [3.63, 3.8) is 0 Å². The van der Waals surface area contributed by atoms with Crippen LogP contribution in [-0.4, -0.2) is 24.4 Å². The number of thiophene rings is 1. The molecule has 0 saturated carbocycles. The third-order valence-corrected chi connectivity index (χ3v) is 5.79. The van der Waals surface area contributed by atoms with Crippen LogP contribution in [0.1, 0.15) is 38.8 Å². The lowest BCUT2D eigenvalue weighted by molar-refractivity contribution is 0.0964. The van der Waals surface area contributed by atoms with Crippen molar-refractivity contribution in [1.82, 2.24) is 3.97 Å². The first-order valence-corrected chi connectivity index (χ1v) is 9.08. The highest BCUT2D eigenvalue weighted by atomic mass is 32.2. The number of rotatable bonds is 2. The number of fused-ring (bicyclic) bond motifs is 1. The van der Waals surface area contributed by atoms with Crippen molar-refractivity contribution in [2.24, 2.45) is 0 Å². The maximum Gasteiger partial charge on any atom is 0.235 e. The Morgan fingerprint density at radius 2 is 2.10 bits per heavy atom. The third kappa shape index (κ3) is 2.13. The van der Waals surface area contributed by atoms with Crippen LogP contribution in [0, 0.1) is 6.92 Å². The van der Waals surface area contributed by atoms with Crippen LogP contribution >= 0.6 is 11.3 Å². The van der Waals surface area contributed by atoms with Crippen molar-refractivity contribution in [2.45, 2.75) is 25.7 Å². The van der Waals surface area contributed by atoms with E-state index in [-0.39, 0.29) is 11.7 Å². The zero-order chi connectivity index (χ0) is 14.5. The molecule has 1 aliphatic rings. The van der Waals surface area contributed by atoms with E-state index in [4.69, 9.17) is 0 Å². The fourth-order valence-electron chi connectivity index (χ4n) is 2.88. The minimum atomic E-state index is -3.37. The minimum absolute atomic E-state index is 0.0459. The summed E-state index contributed by atoms with van der Waals surface area (Å²) in [6.07, 6.45) is 3.80. The number of nitrogens with zero attached hydrogens (tertiary/aromatic N) is 1. The van der Waals surface area contributed by atoms with E-state index in [9.17, 15) is 13.2 Å². The Morgan fingerprint density at radius 3 is 2.70 bits per heavy atom. The largest absolute Gasteiger partial charge is 0.294 e. The summed E-state index contributed by atoms with van der Waals surface area (Å²) in [7, 11) is -3.37. The molecule has 1 aliphatic carbocycles. The van der Waals surface area contributed by atoms with Gasteiger partial charge in [0.25, 0.3) is 0 Å². The molecule has 4 nitrogen and oxygen atoms in total. The van der Waals surface area contributed by atoms with Gasteiger partial charge in [-0.3, -0.25) is 4.79 Å². The second kappa shape index (κ2) is 4.56. The SMILES string of the molecule is Cc1cn(S(C)(=O)=O)c2c1C(=O)CC(c1cccs1)C2. The first-order valence-electron chi connectivity index (χ1n) is 6.36. The van der Waals surface area contributed by atoms with E-state index in [1.165, 1.54) is 10.2 Å². The van der Waals surface area contributed by atoms with Crippen LogP contribution in [0.15, 0.2) is 23.7 Å². The van der Waals surface area contributed by atoms with Crippen molar-refractivity contribution in [1.29, 1.82) is 0 Å². The number of aromatic nitrogens is 1. The Hall–Kier alpha value is -1.40. The van der Waals surface area contributed by atoms with Gasteiger partial charge in [0.2, 0.25) is 10.0 Å². The van der Waals surface area contributed by atoms with E-state index in [0.29, 0.717) is 24.1 Å². The molecule has 2 aromatic heterocycles. The minimum Gasteiger partial charge on any atom is -0.294 e. The van der Waals surface area contributed by atoms with Crippen LogP contribution in [0.2, 0.25) is 0 Å². The van der Waals surface area contributed by atoms with Crippen LogP contribution in [0.5, 0.6) is 0 Å². The van der Waals surface area contributed by atoms with Crippen molar-refractivity contribution in [3.8, 4) is 0 Å². The monoisotopic (exact) mass is 309 g/mol. The van der Waals surface area contributed by atoms with Gasteiger partial charge in [-0.25, -0.2) is 12.4 Å². The second-order valence-corrected chi connectivity index (χ2v) is 8.08. The van der Waals surface area contributed by atoms with E-state index < -0.39 is 10.0 Å². The quantitative estimate of drug-likeness (QED) is 0.857. The fraction of sp³-hybridized carbons (Fsp3) is 0.357. The van der Waals surface area contributed by atoms with E-state index in [1.54, 1.807) is 24.5 Å². The number of hydrogen-bond donors (Lipinski definition) is 0. The zero-order valence-corrected chi connectivity index (χ0v) is 12.9. The van der Waals surface area contributed by atoms with E-state index >= 15 is 0 Å². The van der Waals surface area contributed by atoms with Crippen molar-refractivity contribution < 1.29 is 13.2 Å². The van der Waals surface area contributed by atoms with Gasteiger partial charge in [-0.2, -0.15) is 0 Å². The summed E-state index contributed by atoms with van der Waals surface area (Å²) in [6, 6.07) is 3.97. The fourth-order valence-corrected chi connectivity index (χ4v) is 4.63. The van der Waals surface area contributed by atoms with Gasteiger partial charge in [-0.1, -0.05) is 6.07 Å². The first-order chi connectivity index (χ1) is 9.38. The Morgan fingerprint density at radius 1 is 1.35 bits per heavy atom. The van der Waals surface area contributed by atoms with E-state index in [2.05, 4.69) is 0 Å². The number of Topliss-reactive ketones (excluding diaryl/α,β-unsaturated/α-hetero) is 1. The number of aryl methyl sites for hydroxylation is 1. The highest BCUT2D eigenvalue weighted by Gasteiger charge is 2.32. The standard InChI is InChI=1S/C14H15NO3S2/c1-9-8-15(20(2,17)18)11-6-10(7-12(16)14(9)11)13-4-3-5-19-13/h3-5,8,10H,6-7H2,1-2H3. The summed E-state index contributed by atoms with van der Waals surface area (Å²) in [6.45, 7) is 1.80. The molecule has 2 heterocycles. The molecule has 0 aliphatic heterocycles. The van der Waals surface area contributed by atoms with Gasteiger partial charge in [0, 0.05) is 34.7 Å². The van der Waals surface area contributed by atoms with Gasteiger partial charge in [0.15, 0.2) is 5.78 Å². The van der Waals surface area contributed by atoms with E-state index in [1.807, 2.05) is 17.5 Å². The highest BCUT2D eigenvalue weighted by molar-refractivity contribution is 7.89. The van der Waals surface area contributed by atoms with Crippen LogP contribution in [0.3, 0.4) is 0 Å². The predicted molar refractivity (Wildman–Crippen MR) is 79.1 cm³/mol. The molecule has 0 saturated heterocycles. The molecular formula is C14H15NO3S2. The van der Waals surface area contributed by atoms with Crippen molar-refractivity contribution >= 4 is 27.1 Å². The summed E-state index contributed by atoms with van der Waals surface area (Å²) >= 11 is 1.62. The molecule has 6 heteroatoms. The highest BCUT2D eigenvalue weighted by Crippen LogP contribution is 2.37. The molecule has 0 N–H and O–H groups in total. The zero-order valence-electron chi connectivity index (χ0n) is 11.3. The molecule has 0 fully saturated rings. The summed E-state index contributed by atoms with van der Waals surface area (Å²) < 4.78 is 25.0. The van der Waals surface area contributed by atoms with Crippen LogP contribution < -0.4 is 0 Å². The van der Waals surface area contributed by atoms with Crippen molar-refractivity contribution in [2.75, 3.05) is 6.26 Å². The Kier molecular flexibility index (Phi) is 3.10. The van der Waals surface area contributed by atoms with Gasteiger partial charge in [0.1, 0.15) is 0 Å². The predicted octanol–water partition coefficient (Wildman–Crippen LogP) is 2.58. The lowest BCUT2D eigenvalue weighted by Gasteiger charge is -2.22. The molecule has 0 radical (unpaired) electrons. The summed E-state index contributed by atoms with van der Waals surface area (Å²) in [5.41, 5.74) is 1.99. The normalized spacial score (nSPS) is 19.1. The Bertz CT molecular complexity index is 770. The molecule has 1 atom stereocenters. The molecule has 0 spiro atoms. The third-order valence-electron chi connectivity index (χ3n) is 3.71. The molecule has 3 rings (SSSR count). The molecule has 20 heavy (non-hydrogen) atoms. The van der Waals surface area contributed by atoms with E-state index in [0.717, 1.165) is 10.4 Å². The topological polar surface area (TPSA) is 56.1 Å². The molecule has 0 aromatic carbocycles. The number of ketones is 1. The number of carbonyl (C=O) groups is 1. The van der Waals surface area contributed by atoms with Crippen molar-refractivity contribution in [3.05, 3.63) is 45.4 Å². The molecular weight excluding hydrogens is 294 g/mol. The van der Waals surface area contributed by atoms with Gasteiger partial charge in [-0.05, 0) is 30.4 Å². The number of hydrogen-bond acceptors (Lipinski definition) is 4. The summed E-state index contributed by atoms with van der Waals surface area (Å²) in [5, 5.41) is 1.98. The molecule has 0 bridgehead atoms. The summed E-state index contributed by atoms with van der Waals surface area (Å²) in [5.74, 6) is 0.134. The molecule has 1 unspecified atom stereocenters. The summed E-state index contributed by atoms with van der Waals surface area (Å²) in [4.78, 5) is 13.5. The average molecular weight is 309 g/mol. The lowest BCUT2D eigenvalue weighted by atomic mass is 9.85. The smallest absolute Gasteiger partial charge is 0.235 e. The Labute approximate surface area is 122 Å². The van der Waals surface area contributed by atoms with Crippen LogP contribution in [-0.2, 0) is 16.4 Å². The van der Waals surface area contributed by atoms with Gasteiger partial charge in [-0.15, -0.1) is 11.3 Å². The van der Waals surface area contributed by atoms with Gasteiger partial charge >= 0.3 is 0 Å². The number of carbonyl (C=O) groups excluding carboxylic acids is 1. The van der Waals surface area contributed by atoms with Crippen LogP contribution in [0.4, 0.5) is 0 Å². The molecule has 106 valence electrons. The first kappa shape index (κ1) is 13.6. The van der Waals surface area contributed by atoms with Gasteiger partial charge in [0.05, 0.1) is 6.26 Å². The maximum absolute atomic E-state index is 12.3. The maximum atomic E-state index is 12.3. The average Bonchev–Trinajstić information content (AvgIpc) is 2.95. The second-order valence-electron chi connectivity index (χ2n) is 5.24. The van der Waals surface area contributed by atoms with Gasteiger partial charge < -0.3 is 0 Å². The molecule has 0 amide bonds. The lowest BCUT2D eigenvalue weighted by Crippen LogP contribution is -2.22. The molecule has 2 aromatic rings. The Balaban J connectivity index is 2.13. The van der Waals surface area contributed by atoms with Crippen LogP contribution in [0.25, 0.3) is 0 Å².